The Bertz CT molecular complexity index is 502. The standard InChI is InChI=1S/C13H12N2O/c14-4-8-3-7(6-16)1-2-10(8)15-5-9-11-12(9)13(11)15/h1-3,9,11-13,16H,5-6H2. The molecule has 80 valence electrons. The Balaban J connectivity index is 1.74. The van der Waals surface area contributed by atoms with Crippen molar-refractivity contribution in [3.05, 3.63) is 29.3 Å². The summed E-state index contributed by atoms with van der Waals surface area (Å²) >= 11 is 0. The van der Waals surface area contributed by atoms with Gasteiger partial charge < -0.3 is 10.0 Å². The van der Waals surface area contributed by atoms with Crippen LogP contribution >= 0.6 is 0 Å². The molecule has 0 amide bonds. The van der Waals surface area contributed by atoms with E-state index in [1.807, 2.05) is 12.1 Å². The molecule has 16 heavy (non-hydrogen) atoms. The van der Waals surface area contributed by atoms with Gasteiger partial charge in [0, 0.05) is 12.6 Å². The van der Waals surface area contributed by atoms with Gasteiger partial charge in [-0.1, -0.05) is 6.07 Å². The number of anilines is 1. The van der Waals surface area contributed by atoms with Crippen molar-refractivity contribution in [1.82, 2.24) is 0 Å². The van der Waals surface area contributed by atoms with E-state index in [-0.39, 0.29) is 6.61 Å². The van der Waals surface area contributed by atoms with E-state index >= 15 is 0 Å². The third-order valence-electron chi connectivity index (χ3n) is 4.38. The first-order valence-electron chi connectivity index (χ1n) is 5.75. The van der Waals surface area contributed by atoms with Gasteiger partial charge in [0.25, 0.3) is 0 Å². The Kier molecular flexibility index (Phi) is 1.39. The zero-order valence-corrected chi connectivity index (χ0v) is 8.80. The maximum absolute atomic E-state index is 9.15. The smallest absolute Gasteiger partial charge is 0.101 e. The monoisotopic (exact) mass is 212 g/mol. The van der Waals surface area contributed by atoms with Crippen LogP contribution in [0.4, 0.5) is 5.69 Å². The van der Waals surface area contributed by atoms with Crippen LogP contribution in [-0.4, -0.2) is 17.7 Å². The van der Waals surface area contributed by atoms with Crippen LogP contribution in [0, 0.1) is 29.1 Å². The first kappa shape index (κ1) is 8.60. The normalized spacial score (nSPS) is 36.9. The summed E-state index contributed by atoms with van der Waals surface area (Å²) in [6.07, 6.45) is 0. The Morgan fingerprint density at radius 2 is 2.25 bits per heavy atom. The van der Waals surface area contributed by atoms with Crippen LogP contribution < -0.4 is 4.90 Å². The molecule has 1 aromatic carbocycles. The highest BCUT2D eigenvalue weighted by molar-refractivity contribution is 5.66. The van der Waals surface area contributed by atoms with E-state index in [4.69, 9.17) is 10.4 Å². The van der Waals surface area contributed by atoms with Gasteiger partial charge >= 0.3 is 0 Å². The van der Waals surface area contributed by atoms with Gasteiger partial charge in [-0.2, -0.15) is 5.26 Å². The summed E-state index contributed by atoms with van der Waals surface area (Å²) < 4.78 is 0. The number of aliphatic hydroxyl groups is 1. The van der Waals surface area contributed by atoms with Crippen molar-refractivity contribution in [3.8, 4) is 6.07 Å². The number of hydrogen-bond donors (Lipinski definition) is 1. The molecule has 2 unspecified atom stereocenters. The molecule has 0 aromatic heterocycles. The molecule has 2 atom stereocenters. The number of rotatable bonds is 2. The molecular weight excluding hydrogens is 200 g/mol. The van der Waals surface area contributed by atoms with Crippen LogP contribution in [0.1, 0.15) is 11.1 Å². The Morgan fingerprint density at radius 1 is 1.44 bits per heavy atom. The lowest BCUT2D eigenvalue weighted by Crippen LogP contribution is -2.21. The first-order chi connectivity index (χ1) is 7.85. The fourth-order valence-corrected chi connectivity index (χ4v) is 3.42. The summed E-state index contributed by atoms with van der Waals surface area (Å²) in [7, 11) is 0. The van der Waals surface area contributed by atoms with Crippen molar-refractivity contribution in [3.63, 3.8) is 0 Å². The predicted molar refractivity (Wildman–Crippen MR) is 58.7 cm³/mol. The highest BCUT2D eigenvalue weighted by atomic mass is 16.3. The molecule has 3 heteroatoms. The molecule has 4 aliphatic rings. The van der Waals surface area contributed by atoms with Gasteiger partial charge in [-0.05, 0) is 35.4 Å². The molecule has 1 N–H and O–H groups in total. The van der Waals surface area contributed by atoms with Crippen LogP contribution in [0.15, 0.2) is 18.2 Å². The zero-order chi connectivity index (χ0) is 10.9. The molecule has 3 nitrogen and oxygen atoms in total. The van der Waals surface area contributed by atoms with Gasteiger partial charge in [0.05, 0.1) is 17.9 Å². The minimum atomic E-state index is 0.00621. The number of piperidine rings is 1. The second kappa shape index (κ2) is 2.58. The summed E-state index contributed by atoms with van der Waals surface area (Å²) in [4.78, 5) is 2.39. The third-order valence-corrected chi connectivity index (χ3v) is 4.38. The topological polar surface area (TPSA) is 47.3 Å². The van der Waals surface area contributed by atoms with Gasteiger partial charge in [0.2, 0.25) is 0 Å². The highest BCUT2D eigenvalue weighted by Crippen LogP contribution is 2.75. The molecule has 0 radical (unpaired) electrons. The van der Waals surface area contributed by atoms with E-state index in [1.165, 1.54) is 0 Å². The molecule has 1 aromatic rings. The van der Waals surface area contributed by atoms with Crippen LogP contribution in [0.2, 0.25) is 0 Å². The predicted octanol–water partition coefficient (Wildman–Crippen LogP) is 1.11. The van der Waals surface area contributed by atoms with Crippen LogP contribution in [0.5, 0.6) is 0 Å². The summed E-state index contributed by atoms with van der Waals surface area (Å²) in [6, 6.07) is 8.69. The SMILES string of the molecule is N#Cc1cc(CO)ccc1N1CC2C3C2C31. The summed E-state index contributed by atoms with van der Waals surface area (Å²) in [5, 5.41) is 18.2. The minimum absolute atomic E-state index is 0.00621. The average Bonchev–Trinajstić information content (AvgIpc) is 3.15. The van der Waals surface area contributed by atoms with Gasteiger partial charge in [-0.25, -0.2) is 0 Å². The van der Waals surface area contributed by atoms with Gasteiger partial charge in [0.15, 0.2) is 0 Å². The maximum atomic E-state index is 9.15. The van der Waals surface area contributed by atoms with E-state index in [0.717, 1.165) is 41.6 Å². The van der Waals surface area contributed by atoms with Crippen molar-refractivity contribution in [1.29, 1.82) is 5.26 Å². The minimum Gasteiger partial charge on any atom is -0.392 e. The lowest BCUT2D eigenvalue weighted by Gasteiger charge is -2.19. The lowest BCUT2D eigenvalue weighted by atomic mass is 10.1. The lowest BCUT2D eigenvalue weighted by molar-refractivity contribution is 0.282. The van der Waals surface area contributed by atoms with Gasteiger partial charge in [0.1, 0.15) is 6.07 Å². The molecule has 2 aliphatic heterocycles. The van der Waals surface area contributed by atoms with Crippen LogP contribution in [-0.2, 0) is 6.61 Å². The third kappa shape index (κ3) is 0.868. The van der Waals surface area contributed by atoms with Gasteiger partial charge in [-0.3, -0.25) is 0 Å². The molecule has 2 bridgehead atoms. The molecular formula is C13H12N2O. The number of aliphatic hydroxyl groups excluding tert-OH is 1. The maximum Gasteiger partial charge on any atom is 0.101 e. The molecule has 5 rings (SSSR count). The Morgan fingerprint density at radius 3 is 2.81 bits per heavy atom. The Labute approximate surface area is 93.9 Å². The van der Waals surface area contributed by atoms with Crippen LogP contribution in [0.25, 0.3) is 0 Å². The van der Waals surface area contributed by atoms with E-state index in [1.54, 1.807) is 6.07 Å². The fourth-order valence-electron chi connectivity index (χ4n) is 3.42. The van der Waals surface area contributed by atoms with E-state index < -0.39 is 0 Å². The quantitative estimate of drug-likeness (QED) is 0.799. The van der Waals surface area contributed by atoms with Gasteiger partial charge in [-0.15, -0.1) is 0 Å². The number of nitrogens with zero attached hydrogens (tertiary/aromatic N) is 2. The van der Waals surface area contributed by atoms with Crippen molar-refractivity contribution in [2.75, 3.05) is 11.4 Å². The van der Waals surface area contributed by atoms with Crippen molar-refractivity contribution in [2.45, 2.75) is 12.6 Å². The Hall–Kier alpha value is -1.53. The first-order valence-corrected chi connectivity index (χ1v) is 5.75. The number of benzene rings is 1. The van der Waals surface area contributed by atoms with Crippen molar-refractivity contribution >= 4 is 5.69 Å². The summed E-state index contributed by atoms with van der Waals surface area (Å²) in [6.45, 7) is 1.14. The van der Waals surface area contributed by atoms with E-state index in [2.05, 4.69) is 11.0 Å². The molecule has 4 fully saturated rings. The highest BCUT2D eigenvalue weighted by Gasteiger charge is 2.80. The molecule has 2 aliphatic carbocycles. The molecule has 2 saturated carbocycles. The van der Waals surface area contributed by atoms with E-state index in [9.17, 15) is 0 Å². The van der Waals surface area contributed by atoms with Crippen LogP contribution in [0.3, 0.4) is 0 Å². The number of hydrogen-bond acceptors (Lipinski definition) is 3. The van der Waals surface area contributed by atoms with Crippen molar-refractivity contribution in [2.24, 2.45) is 17.8 Å². The zero-order valence-electron chi connectivity index (χ0n) is 8.80. The number of fused-ring (bicyclic) bond motifs is 1. The molecule has 2 saturated heterocycles. The summed E-state index contributed by atoms with van der Waals surface area (Å²) in [5.74, 6) is 2.82. The van der Waals surface area contributed by atoms with E-state index in [0.29, 0.717) is 5.56 Å². The summed E-state index contributed by atoms with van der Waals surface area (Å²) in [5.41, 5.74) is 2.59. The second-order valence-electron chi connectivity index (χ2n) is 5.08. The molecule has 0 spiro atoms. The average molecular weight is 212 g/mol. The fraction of sp³-hybridized carbons (Fsp3) is 0.462. The largest absolute Gasteiger partial charge is 0.392 e. The second-order valence-corrected chi connectivity index (χ2v) is 5.08. The molecule has 2 heterocycles. The van der Waals surface area contributed by atoms with Crippen molar-refractivity contribution < 1.29 is 5.11 Å². The number of nitriles is 1.